The van der Waals surface area contributed by atoms with Crippen molar-refractivity contribution in [3.05, 3.63) is 60.8 Å². The minimum atomic E-state index is 0.0359. The van der Waals surface area contributed by atoms with Gasteiger partial charge in [0.05, 0.1) is 18.7 Å². The molecular formula is C23H25N5O2. The van der Waals surface area contributed by atoms with E-state index in [1.807, 2.05) is 47.3 Å². The topological polar surface area (TPSA) is 83.3 Å². The number of rotatable bonds is 5. The number of phenols is 1. The van der Waals surface area contributed by atoms with Crippen LogP contribution in [0.25, 0.3) is 11.3 Å². The molecule has 4 heterocycles. The molecule has 154 valence electrons. The summed E-state index contributed by atoms with van der Waals surface area (Å²) in [6.07, 6.45) is 3.99. The Balaban J connectivity index is 1.23. The van der Waals surface area contributed by atoms with Crippen LogP contribution in [-0.4, -0.2) is 50.0 Å². The lowest BCUT2D eigenvalue weighted by molar-refractivity contribution is -0.127. The molecule has 0 spiro atoms. The number of nitrogens with zero attached hydrogens (tertiary/aromatic N) is 4. The van der Waals surface area contributed by atoms with Crippen molar-refractivity contribution in [2.75, 3.05) is 18.4 Å². The Kier molecular flexibility index (Phi) is 4.96. The summed E-state index contributed by atoms with van der Waals surface area (Å²) in [6.45, 7) is 2.58. The maximum absolute atomic E-state index is 12.8. The van der Waals surface area contributed by atoms with Gasteiger partial charge in [0.15, 0.2) is 0 Å². The highest BCUT2D eigenvalue weighted by Crippen LogP contribution is 2.37. The van der Waals surface area contributed by atoms with Gasteiger partial charge < -0.3 is 10.4 Å². The highest BCUT2D eigenvalue weighted by Gasteiger charge is 2.43. The minimum absolute atomic E-state index is 0.0359. The van der Waals surface area contributed by atoms with Gasteiger partial charge in [-0.2, -0.15) is 0 Å². The number of para-hydroxylation sites is 1. The number of phenolic OH excluding ortho intramolecular Hbond substituents is 1. The first-order valence-electron chi connectivity index (χ1n) is 10.5. The molecule has 3 aromatic rings. The third-order valence-electron chi connectivity index (χ3n) is 6.34. The first-order chi connectivity index (χ1) is 14.7. The number of nitrogens with one attached hydrogen (secondary N) is 1. The Bertz CT molecular complexity index is 1030. The van der Waals surface area contributed by atoms with Crippen molar-refractivity contribution in [1.82, 2.24) is 19.9 Å². The van der Waals surface area contributed by atoms with Crippen molar-refractivity contribution in [3.8, 4) is 17.0 Å². The second-order valence-electron chi connectivity index (χ2n) is 8.27. The van der Waals surface area contributed by atoms with Crippen molar-refractivity contribution in [3.63, 3.8) is 0 Å². The standard InChI is InChI=1S/C23H25N5O2/c29-20-8-4-5-17(12-20)22-15-28(26-25-22)13-19-11-16-9-10-27(19)14-21(16)23(30)24-18-6-2-1-3-7-18/h1-8,12,15-16,19,21,29H,9-11,13-14H2,(H,24,30)/t16?,19-,21+/m1/s1. The van der Waals surface area contributed by atoms with Crippen molar-refractivity contribution in [1.29, 1.82) is 0 Å². The first-order valence-corrected chi connectivity index (χ1v) is 10.5. The van der Waals surface area contributed by atoms with Crippen molar-refractivity contribution in [2.45, 2.75) is 25.4 Å². The molecule has 4 atom stereocenters. The Morgan fingerprint density at radius 3 is 2.80 bits per heavy atom. The summed E-state index contributed by atoms with van der Waals surface area (Å²) < 4.78 is 1.88. The van der Waals surface area contributed by atoms with Gasteiger partial charge in [-0.3, -0.25) is 14.4 Å². The molecule has 3 fully saturated rings. The molecule has 1 aromatic heterocycles. The summed E-state index contributed by atoms with van der Waals surface area (Å²) in [5, 5.41) is 21.3. The van der Waals surface area contributed by atoms with Crippen LogP contribution in [-0.2, 0) is 11.3 Å². The van der Waals surface area contributed by atoms with Gasteiger partial charge in [0.1, 0.15) is 11.4 Å². The van der Waals surface area contributed by atoms with Gasteiger partial charge in [-0.1, -0.05) is 35.5 Å². The average molecular weight is 403 g/mol. The van der Waals surface area contributed by atoms with Crippen LogP contribution in [0, 0.1) is 11.8 Å². The molecule has 0 saturated carbocycles. The Morgan fingerprint density at radius 2 is 2.03 bits per heavy atom. The fraction of sp³-hybridized carbons (Fsp3) is 0.348. The van der Waals surface area contributed by atoms with E-state index in [9.17, 15) is 9.90 Å². The second kappa shape index (κ2) is 7.91. The van der Waals surface area contributed by atoms with Crippen LogP contribution in [0.3, 0.4) is 0 Å². The lowest BCUT2D eigenvalue weighted by Crippen LogP contribution is -2.57. The number of piperidine rings is 3. The molecule has 2 unspecified atom stereocenters. The zero-order chi connectivity index (χ0) is 20.5. The molecule has 7 nitrogen and oxygen atoms in total. The zero-order valence-electron chi connectivity index (χ0n) is 16.7. The smallest absolute Gasteiger partial charge is 0.229 e. The van der Waals surface area contributed by atoms with Gasteiger partial charge >= 0.3 is 0 Å². The molecule has 0 aliphatic carbocycles. The van der Waals surface area contributed by atoms with E-state index in [0.717, 1.165) is 49.4 Å². The monoisotopic (exact) mass is 403 g/mol. The van der Waals surface area contributed by atoms with Gasteiger partial charge in [0.25, 0.3) is 0 Å². The Hall–Kier alpha value is -3.19. The maximum atomic E-state index is 12.8. The van der Waals surface area contributed by atoms with Gasteiger partial charge in [-0.15, -0.1) is 5.10 Å². The van der Waals surface area contributed by atoms with Crippen LogP contribution in [0.4, 0.5) is 5.69 Å². The Morgan fingerprint density at radius 1 is 1.17 bits per heavy atom. The van der Waals surface area contributed by atoms with E-state index in [1.54, 1.807) is 18.2 Å². The van der Waals surface area contributed by atoms with E-state index in [1.165, 1.54) is 0 Å². The molecule has 3 aliphatic rings. The maximum Gasteiger partial charge on any atom is 0.229 e. The molecule has 0 radical (unpaired) electrons. The number of benzene rings is 2. The number of carbonyl (C=O) groups is 1. The van der Waals surface area contributed by atoms with E-state index in [0.29, 0.717) is 12.0 Å². The van der Waals surface area contributed by atoms with Crippen molar-refractivity contribution >= 4 is 11.6 Å². The lowest BCUT2D eigenvalue weighted by atomic mass is 9.75. The summed E-state index contributed by atoms with van der Waals surface area (Å²) in [7, 11) is 0. The van der Waals surface area contributed by atoms with E-state index in [4.69, 9.17) is 0 Å². The summed E-state index contributed by atoms with van der Waals surface area (Å²) >= 11 is 0. The minimum Gasteiger partial charge on any atom is -0.508 e. The van der Waals surface area contributed by atoms with Gasteiger partial charge in [-0.25, -0.2) is 0 Å². The number of hydrogen-bond acceptors (Lipinski definition) is 5. The third-order valence-corrected chi connectivity index (χ3v) is 6.34. The molecule has 3 aliphatic heterocycles. The molecule has 2 aromatic carbocycles. The number of aromatic hydroxyl groups is 1. The van der Waals surface area contributed by atoms with Crippen LogP contribution in [0.15, 0.2) is 60.8 Å². The van der Waals surface area contributed by atoms with Gasteiger partial charge in [-0.05, 0) is 49.6 Å². The summed E-state index contributed by atoms with van der Waals surface area (Å²) in [6, 6.07) is 17.1. The average Bonchev–Trinajstić information content (AvgIpc) is 3.23. The fourth-order valence-corrected chi connectivity index (χ4v) is 4.78. The molecule has 6 rings (SSSR count). The van der Waals surface area contributed by atoms with Crippen LogP contribution >= 0.6 is 0 Å². The predicted molar refractivity (Wildman–Crippen MR) is 114 cm³/mol. The molecule has 1 amide bonds. The highest BCUT2D eigenvalue weighted by atomic mass is 16.3. The number of aromatic nitrogens is 3. The van der Waals surface area contributed by atoms with E-state index in [2.05, 4.69) is 20.5 Å². The quantitative estimate of drug-likeness (QED) is 0.684. The van der Waals surface area contributed by atoms with Crippen LogP contribution in [0.5, 0.6) is 5.75 Å². The third kappa shape index (κ3) is 3.80. The van der Waals surface area contributed by atoms with Crippen LogP contribution in [0.2, 0.25) is 0 Å². The van der Waals surface area contributed by atoms with Crippen molar-refractivity contribution in [2.24, 2.45) is 11.8 Å². The summed E-state index contributed by atoms with van der Waals surface area (Å²) in [5.74, 6) is 0.783. The largest absolute Gasteiger partial charge is 0.508 e. The molecular weight excluding hydrogens is 378 g/mol. The number of fused-ring (bicyclic) bond motifs is 3. The van der Waals surface area contributed by atoms with E-state index < -0.39 is 0 Å². The number of amides is 1. The molecule has 2 bridgehead atoms. The second-order valence-corrected chi connectivity index (χ2v) is 8.27. The first kappa shape index (κ1) is 18.8. The van der Waals surface area contributed by atoms with E-state index >= 15 is 0 Å². The fourth-order valence-electron chi connectivity index (χ4n) is 4.78. The van der Waals surface area contributed by atoms with E-state index in [-0.39, 0.29) is 17.6 Å². The summed E-state index contributed by atoms with van der Waals surface area (Å²) in [4.78, 5) is 15.2. The molecule has 2 N–H and O–H groups in total. The van der Waals surface area contributed by atoms with Crippen molar-refractivity contribution < 1.29 is 9.90 Å². The van der Waals surface area contributed by atoms with Crippen LogP contribution in [0.1, 0.15) is 12.8 Å². The molecule has 30 heavy (non-hydrogen) atoms. The number of anilines is 1. The predicted octanol–water partition coefficient (Wildman–Crippen LogP) is 3.00. The zero-order valence-corrected chi connectivity index (χ0v) is 16.7. The van der Waals surface area contributed by atoms with Gasteiger partial charge in [0, 0.05) is 23.8 Å². The SMILES string of the molecule is O=C(Nc1ccccc1)[C@H]1CN2CCC1C[C@@H]2Cn1cc(-c2cccc(O)c2)nn1. The Labute approximate surface area is 175 Å². The number of carbonyl (C=O) groups excluding carboxylic acids is 1. The molecule has 7 heteroatoms. The lowest BCUT2D eigenvalue weighted by Gasteiger charge is -2.49. The highest BCUT2D eigenvalue weighted by molar-refractivity contribution is 5.93. The summed E-state index contributed by atoms with van der Waals surface area (Å²) in [5.41, 5.74) is 2.46. The van der Waals surface area contributed by atoms with Crippen LogP contribution < -0.4 is 5.32 Å². The van der Waals surface area contributed by atoms with Gasteiger partial charge in [0.2, 0.25) is 5.91 Å². The number of hydrogen-bond donors (Lipinski definition) is 2. The molecule has 3 saturated heterocycles. The normalized spacial score (nSPS) is 25.2.